The molecule has 0 radical (unpaired) electrons. The van der Waals surface area contributed by atoms with E-state index in [1.807, 2.05) is 0 Å². The first-order chi connectivity index (χ1) is 9.83. The molecule has 0 bridgehead atoms. The molecular weight excluding hydrogens is 252 g/mol. The van der Waals surface area contributed by atoms with Gasteiger partial charge in [0.05, 0.1) is 0 Å². The molecule has 1 saturated carbocycles. The van der Waals surface area contributed by atoms with Gasteiger partial charge in [0.25, 0.3) is 0 Å². The van der Waals surface area contributed by atoms with Crippen molar-refractivity contribution in [3.63, 3.8) is 0 Å². The number of nitrogens with one attached hydrogen (secondary N) is 1. The highest BCUT2D eigenvalue weighted by Crippen LogP contribution is 2.28. The average molecular weight is 278 g/mol. The summed E-state index contributed by atoms with van der Waals surface area (Å²) in [4.78, 5) is 6.70. The zero-order chi connectivity index (χ0) is 13.8. The van der Waals surface area contributed by atoms with Gasteiger partial charge >= 0.3 is 0 Å². The molecule has 0 amide bonds. The molecule has 0 spiro atoms. The summed E-state index contributed by atoms with van der Waals surface area (Å²) in [5.41, 5.74) is 0. The fourth-order valence-corrected chi connectivity index (χ4v) is 3.66. The van der Waals surface area contributed by atoms with Crippen LogP contribution >= 0.6 is 0 Å². The molecule has 3 rings (SSSR count). The number of nitrogens with zero attached hydrogens (tertiary/aromatic N) is 3. The van der Waals surface area contributed by atoms with E-state index in [9.17, 15) is 0 Å². The molecule has 20 heavy (non-hydrogen) atoms. The molecule has 1 aliphatic carbocycles. The van der Waals surface area contributed by atoms with Crippen molar-refractivity contribution in [2.45, 2.75) is 57.5 Å². The summed E-state index contributed by atoms with van der Waals surface area (Å²) in [6.45, 7) is 5.59. The maximum Gasteiger partial charge on any atom is 0.227 e. The second-order valence-corrected chi connectivity index (χ2v) is 6.34. The van der Waals surface area contributed by atoms with Crippen molar-refractivity contribution in [3.05, 3.63) is 12.2 Å². The lowest BCUT2D eigenvalue weighted by molar-refractivity contribution is 0.103. The van der Waals surface area contributed by atoms with Crippen molar-refractivity contribution in [2.75, 3.05) is 19.6 Å². The molecule has 1 aromatic heterocycles. The van der Waals surface area contributed by atoms with Crippen molar-refractivity contribution in [3.8, 4) is 0 Å². The van der Waals surface area contributed by atoms with E-state index in [0.717, 1.165) is 31.3 Å². The fourth-order valence-electron chi connectivity index (χ4n) is 3.66. The maximum atomic E-state index is 5.10. The predicted molar refractivity (Wildman–Crippen MR) is 77.4 cm³/mol. The van der Waals surface area contributed by atoms with Gasteiger partial charge < -0.3 is 9.84 Å². The second-order valence-electron chi connectivity index (χ2n) is 6.34. The van der Waals surface area contributed by atoms with Gasteiger partial charge in [-0.05, 0) is 25.7 Å². The first-order valence-corrected chi connectivity index (χ1v) is 8.06. The standard InChI is InChI=1S/C15H26N4O/c1-12-9-16-14(13-5-3-2-4-6-13)10-19(12)8-7-15-17-11-18-20-15/h11-14,16H,2-10H2,1H3. The summed E-state index contributed by atoms with van der Waals surface area (Å²) in [5, 5.41) is 7.45. The van der Waals surface area contributed by atoms with Gasteiger partial charge in [-0.25, -0.2) is 0 Å². The predicted octanol–water partition coefficient (Wildman–Crippen LogP) is 1.85. The van der Waals surface area contributed by atoms with Crippen molar-refractivity contribution in [2.24, 2.45) is 5.92 Å². The summed E-state index contributed by atoms with van der Waals surface area (Å²) in [6, 6.07) is 1.27. The van der Waals surface area contributed by atoms with Crippen LogP contribution in [0.2, 0.25) is 0 Å². The zero-order valence-corrected chi connectivity index (χ0v) is 12.4. The first kappa shape index (κ1) is 14.0. The number of hydrogen-bond acceptors (Lipinski definition) is 5. The molecule has 2 unspecified atom stereocenters. The molecule has 5 nitrogen and oxygen atoms in total. The highest BCUT2D eigenvalue weighted by atomic mass is 16.5. The Labute approximate surface area is 121 Å². The Bertz CT molecular complexity index is 389. The largest absolute Gasteiger partial charge is 0.340 e. The molecule has 112 valence electrons. The minimum absolute atomic E-state index is 0.595. The summed E-state index contributed by atoms with van der Waals surface area (Å²) in [5.74, 6) is 1.63. The Kier molecular flexibility index (Phi) is 4.68. The molecule has 2 aliphatic rings. The molecule has 1 aromatic rings. The van der Waals surface area contributed by atoms with Crippen molar-refractivity contribution < 1.29 is 4.52 Å². The molecular formula is C15H26N4O. The quantitative estimate of drug-likeness (QED) is 0.911. The van der Waals surface area contributed by atoms with E-state index in [4.69, 9.17) is 4.52 Å². The normalized spacial score (nSPS) is 29.6. The third kappa shape index (κ3) is 3.38. The van der Waals surface area contributed by atoms with Crippen LogP contribution in [0.25, 0.3) is 0 Å². The number of piperazine rings is 1. The van der Waals surface area contributed by atoms with Crippen LogP contribution in [0.3, 0.4) is 0 Å². The van der Waals surface area contributed by atoms with Crippen LogP contribution in [-0.2, 0) is 6.42 Å². The van der Waals surface area contributed by atoms with Crippen LogP contribution < -0.4 is 5.32 Å². The Morgan fingerprint density at radius 3 is 2.95 bits per heavy atom. The van der Waals surface area contributed by atoms with E-state index in [1.54, 1.807) is 0 Å². The van der Waals surface area contributed by atoms with E-state index in [0.29, 0.717) is 12.1 Å². The summed E-state index contributed by atoms with van der Waals surface area (Å²) in [6.07, 6.45) is 9.43. The SMILES string of the molecule is CC1CNC(C2CCCCC2)CN1CCc1ncno1. The van der Waals surface area contributed by atoms with Gasteiger partial charge in [-0.15, -0.1) is 0 Å². The van der Waals surface area contributed by atoms with Gasteiger partial charge in [-0.3, -0.25) is 4.90 Å². The minimum Gasteiger partial charge on any atom is -0.340 e. The van der Waals surface area contributed by atoms with Gasteiger partial charge in [0.1, 0.15) is 0 Å². The maximum absolute atomic E-state index is 5.10. The van der Waals surface area contributed by atoms with Gasteiger partial charge in [0.15, 0.2) is 6.33 Å². The van der Waals surface area contributed by atoms with E-state index in [1.165, 1.54) is 45.0 Å². The lowest BCUT2D eigenvalue weighted by Gasteiger charge is -2.42. The van der Waals surface area contributed by atoms with E-state index < -0.39 is 0 Å². The van der Waals surface area contributed by atoms with Crippen molar-refractivity contribution in [1.29, 1.82) is 0 Å². The monoisotopic (exact) mass is 278 g/mol. The third-order valence-corrected chi connectivity index (χ3v) is 4.97. The lowest BCUT2D eigenvalue weighted by Crippen LogP contribution is -2.58. The molecule has 1 aliphatic heterocycles. The zero-order valence-electron chi connectivity index (χ0n) is 12.4. The lowest BCUT2D eigenvalue weighted by atomic mass is 9.82. The topological polar surface area (TPSA) is 54.2 Å². The van der Waals surface area contributed by atoms with E-state index in [2.05, 4.69) is 27.3 Å². The van der Waals surface area contributed by atoms with Gasteiger partial charge in [-0.1, -0.05) is 24.4 Å². The number of aromatic nitrogens is 2. The van der Waals surface area contributed by atoms with E-state index >= 15 is 0 Å². The second kappa shape index (κ2) is 6.68. The molecule has 0 aromatic carbocycles. The number of hydrogen-bond donors (Lipinski definition) is 1. The van der Waals surface area contributed by atoms with Crippen LogP contribution in [0.5, 0.6) is 0 Å². The summed E-state index contributed by atoms with van der Waals surface area (Å²) >= 11 is 0. The molecule has 1 saturated heterocycles. The fraction of sp³-hybridized carbons (Fsp3) is 0.867. The first-order valence-electron chi connectivity index (χ1n) is 8.06. The Hall–Kier alpha value is -0.940. The minimum atomic E-state index is 0.595. The van der Waals surface area contributed by atoms with Gasteiger partial charge in [0.2, 0.25) is 5.89 Å². The van der Waals surface area contributed by atoms with Crippen molar-refractivity contribution >= 4 is 0 Å². The van der Waals surface area contributed by atoms with Crippen LogP contribution in [-0.4, -0.2) is 46.8 Å². The molecule has 1 N–H and O–H groups in total. The van der Waals surface area contributed by atoms with Gasteiger partial charge in [0, 0.05) is 38.1 Å². The van der Waals surface area contributed by atoms with Crippen LogP contribution in [0.4, 0.5) is 0 Å². The molecule has 2 heterocycles. The molecule has 2 fully saturated rings. The van der Waals surface area contributed by atoms with Gasteiger partial charge in [-0.2, -0.15) is 4.98 Å². The van der Waals surface area contributed by atoms with Crippen LogP contribution in [0.15, 0.2) is 10.9 Å². The highest BCUT2D eigenvalue weighted by Gasteiger charge is 2.30. The summed E-state index contributed by atoms with van der Waals surface area (Å²) in [7, 11) is 0. The van der Waals surface area contributed by atoms with Crippen LogP contribution in [0.1, 0.15) is 44.9 Å². The molecule has 5 heteroatoms. The average Bonchev–Trinajstić information content (AvgIpc) is 3.01. The molecule has 2 atom stereocenters. The smallest absolute Gasteiger partial charge is 0.227 e. The van der Waals surface area contributed by atoms with Crippen molar-refractivity contribution in [1.82, 2.24) is 20.4 Å². The highest BCUT2D eigenvalue weighted by molar-refractivity contribution is 4.90. The number of rotatable bonds is 4. The van der Waals surface area contributed by atoms with Crippen LogP contribution in [0, 0.1) is 5.92 Å². The Morgan fingerprint density at radius 2 is 2.20 bits per heavy atom. The summed E-state index contributed by atoms with van der Waals surface area (Å²) < 4.78 is 5.10. The van der Waals surface area contributed by atoms with E-state index in [-0.39, 0.29) is 0 Å². The third-order valence-electron chi connectivity index (χ3n) is 4.97. The Morgan fingerprint density at radius 1 is 1.35 bits per heavy atom. The Balaban J connectivity index is 1.52.